The number of benzene rings is 6. The number of ether oxygens (including phenoxy) is 5. The lowest BCUT2D eigenvalue weighted by Gasteiger charge is -2.17. The van der Waals surface area contributed by atoms with Crippen LogP contribution in [-0.4, -0.2) is 248 Å². The average Bonchev–Trinajstić information content (AvgIpc) is 1.69. The van der Waals surface area contributed by atoms with Crippen molar-refractivity contribution >= 4 is 70.6 Å². The monoisotopic (exact) mass is 2090 g/mol. The minimum atomic E-state index is -0.946. The van der Waals surface area contributed by atoms with Crippen LogP contribution in [0.25, 0.3) is 136 Å². The molecule has 0 aliphatic heterocycles. The summed E-state index contributed by atoms with van der Waals surface area (Å²) >= 11 is 4.07. The molecule has 0 unspecified atom stereocenters. The van der Waals surface area contributed by atoms with Gasteiger partial charge in [-0.2, -0.15) is 59.3 Å². The molecular weight excluding hydrogens is 1980 g/mol. The number of carbonyl (C=O) groups excluding carboxylic acids is 5. The smallest absolute Gasteiger partial charge is 0.328 e. The van der Waals surface area contributed by atoms with Gasteiger partial charge in [0, 0.05) is 46.5 Å². The van der Waals surface area contributed by atoms with Crippen LogP contribution in [0, 0.1) is 83.1 Å². The van der Waals surface area contributed by atoms with Gasteiger partial charge in [-0.1, -0.05) is 153 Å². The summed E-state index contributed by atoms with van der Waals surface area (Å²) in [7, 11) is 5.18. The van der Waals surface area contributed by atoms with Crippen LogP contribution in [-0.2, 0) is 91.7 Å². The number of carboxylic acid groups (broad SMARTS) is 1. The summed E-state index contributed by atoms with van der Waals surface area (Å²) < 4.78 is 64.8. The third-order valence-corrected chi connectivity index (χ3v) is 23.7. The van der Waals surface area contributed by atoms with Crippen molar-refractivity contribution in [1.82, 2.24) is 128 Å². The molecule has 0 amide bonds. The molecule has 45 heteroatoms. The zero-order valence-corrected chi connectivity index (χ0v) is 89.1. The van der Waals surface area contributed by atoms with E-state index in [2.05, 4.69) is 132 Å². The van der Waals surface area contributed by atoms with E-state index in [9.17, 15) is 28.8 Å². The topological polar surface area (TPSA) is 489 Å². The molecule has 0 aliphatic rings. The zero-order valence-electron chi connectivity index (χ0n) is 86.6. The van der Waals surface area contributed by atoms with Crippen LogP contribution in [0.5, 0.6) is 0 Å². The van der Waals surface area contributed by atoms with Gasteiger partial charge in [-0.15, -0.1) is 11.8 Å². The number of thioether (sulfide) groups is 1. The molecule has 12 heterocycles. The molecule has 0 radical (unpaired) electrons. The van der Waals surface area contributed by atoms with Crippen LogP contribution in [0.4, 0.5) is 0 Å². The Balaban J connectivity index is 0.000000150. The fraction of sp³-hybridized carbons (Fsp3) is 0.314. The maximum absolute atomic E-state index is 12.3. The fourth-order valence-electron chi connectivity index (χ4n) is 14.9. The summed E-state index contributed by atoms with van der Waals surface area (Å²) in [6, 6.07) is 58.4. The molecule has 150 heavy (non-hydrogen) atoms. The summed E-state index contributed by atoms with van der Waals surface area (Å²) in [6.45, 7) is 33.2. The Morgan fingerprint density at radius 3 is 0.880 bits per heavy atom. The number of carbonyl (C=O) groups is 6. The summed E-state index contributed by atoms with van der Waals surface area (Å²) in [5, 5.41) is 52.6. The number of esters is 5. The van der Waals surface area contributed by atoms with Gasteiger partial charge in [0.15, 0.2) is 11.6 Å². The molecule has 42 nitrogen and oxygen atoms in total. The zero-order chi connectivity index (χ0) is 107. The van der Waals surface area contributed by atoms with E-state index < -0.39 is 11.9 Å². The molecule has 0 bridgehead atoms. The second-order valence-electron chi connectivity index (χ2n) is 34.7. The van der Waals surface area contributed by atoms with Gasteiger partial charge in [-0.05, 0) is 244 Å². The third kappa shape index (κ3) is 31.5. The molecule has 1 N–H and O–H groups in total. The van der Waals surface area contributed by atoms with Crippen LogP contribution in [0.15, 0.2) is 200 Å². The van der Waals surface area contributed by atoms with Crippen molar-refractivity contribution in [2.45, 2.75) is 143 Å². The van der Waals surface area contributed by atoms with E-state index in [4.69, 9.17) is 42.1 Å². The van der Waals surface area contributed by atoms with Crippen molar-refractivity contribution < 1.29 is 75.7 Å². The van der Waals surface area contributed by atoms with E-state index in [-0.39, 0.29) is 63.1 Å². The number of nitrogens with zero attached hydrogens (tertiary/aromatic N) is 26. The maximum atomic E-state index is 12.3. The summed E-state index contributed by atoms with van der Waals surface area (Å²) in [5.74, 6) is 1.90. The Kier molecular flexibility index (Phi) is 39.1. The van der Waals surface area contributed by atoms with E-state index >= 15 is 0 Å². The van der Waals surface area contributed by atoms with Gasteiger partial charge in [0.25, 0.3) is 23.6 Å². The Morgan fingerprint density at radius 2 is 0.607 bits per heavy atom. The van der Waals surface area contributed by atoms with Gasteiger partial charge >= 0.3 is 35.8 Å². The predicted molar refractivity (Wildman–Crippen MR) is 563 cm³/mol. The van der Waals surface area contributed by atoms with Gasteiger partial charge in [0.1, 0.15) is 103 Å². The molecule has 12 aromatic heterocycles. The minimum absolute atomic E-state index is 0.00193. The number of hydrogen-bond acceptors (Lipinski definition) is 38. The number of likely N-dealkylation sites (N-methyl/N-ethyl adjacent to an activating group) is 2. The lowest BCUT2D eigenvalue weighted by atomic mass is 10.1. The van der Waals surface area contributed by atoms with Crippen molar-refractivity contribution in [1.29, 1.82) is 0 Å². The van der Waals surface area contributed by atoms with Crippen molar-refractivity contribution in [3.05, 3.63) is 250 Å². The van der Waals surface area contributed by atoms with E-state index in [0.29, 0.717) is 119 Å². The van der Waals surface area contributed by atoms with E-state index in [1.54, 1.807) is 23.7 Å². The number of aromatic nitrogens is 24. The van der Waals surface area contributed by atoms with Gasteiger partial charge in [0.05, 0.1) is 47.9 Å². The highest BCUT2D eigenvalue weighted by Crippen LogP contribution is 2.33. The SMILES string of the molecule is CCN(CC)CCOC(=O)Cn1nc(C)cc1-c1nsc(-c2cccc(C)c2)n1.CCOC(=O)Cn1nc(C)cc1-c1noc(-c2cccc(C)c2)n1.COC(=O)Cn1nc(C)cc1-c1noc(-c2cccc(C)c2)n1.CSCOC(=O)Cn1nc(C)cc1-c1noc(-c2cccc(C)c2)n1.Cc1cccc(-c2nc(-c3cc(C)nn3CC(=O)O)ns2)c1.Cc1cccc(-c2nc(-c3cc(C)nn3CC(=O)OCCN(C)C)no2)c1. The Bertz CT molecular complexity index is 7610. The number of aryl methyl sites for hydroxylation is 12. The molecule has 18 rings (SSSR count). The standard InChI is InChI=1S/C21H27N5O2S.C19H23N5O3.C17H18N4O3S.C17H18N4O3.C16H16N4O3.C15H14N4O2S/c1-5-25(6-2)10-11-28-19(27)14-26-18(13-16(4)23-26)20-22-21(29-24-20)17-9-7-8-15(3)12-17;1-13-6-5-7-15(10-13)19-20-18(22-27-19)16-11-14(2)21-24(16)12-17(25)26-9-8-23(3)4;1-11-5-4-6-13(7-11)17-18-16(20-24-17)14-8-12(2)19-21(14)9-15(22)23-10-25-3;1-4-23-15(22)10-21-14(9-12(3)19-21)16-18-17(24-20-16)13-7-5-6-11(2)8-13;1-10-5-4-6-12(7-10)16-17-15(19-23-16)13-8-11(2)18-20(13)9-14(21)22-3;1-9-4-3-5-11(6-9)15-16-14(18-22-15)12-7-10(2)17-19(12)8-13(20)21/h7-9,12-13H,5-6,10-11,14H2,1-4H3;5-7,10-11H,8-9,12H2,1-4H3;4-8H,9-10H2,1-3H3;5-9H,4,10H2,1-3H3;4-8H,9H2,1-3H3;3-7H,8H2,1-2H3,(H,20,21). The highest BCUT2D eigenvalue weighted by Gasteiger charge is 2.27. The summed E-state index contributed by atoms with van der Waals surface area (Å²) in [4.78, 5) is 101. The quantitative estimate of drug-likeness (QED) is 0.0219. The molecule has 18 aromatic rings. The molecule has 0 saturated heterocycles. The average molecular weight is 2090 g/mol. The lowest BCUT2D eigenvalue weighted by molar-refractivity contribution is -0.145. The second-order valence-corrected chi connectivity index (χ2v) is 37.0. The van der Waals surface area contributed by atoms with Gasteiger partial charge < -0.3 is 56.7 Å². The molecular formula is C105H116N26O16S3. The highest BCUT2D eigenvalue weighted by atomic mass is 32.2. The highest BCUT2D eigenvalue weighted by molar-refractivity contribution is 7.98. The first kappa shape index (κ1) is 111. The van der Waals surface area contributed by atoms with Crippen LogP contribution < -0.4 is 0 Å². The van der Waals surface area contributed by atoms with Crippen LogP contribution in [0.3, 0.4) is 0 Å². The number of hydrogen-bond donors (Lipinski definition) is 1. The molecule has 780 valence electrons. The maximum Gasteiger partial charge on any atom is 0.328 e. The summed E-state index contributed by atoms with van der Waals surface area (Å²) in [5.41, 5.74) is 20.5. The van der Waals surface area contributed by atoms with Crippen LogP contribution in [0.2, 0.25) is 0 Å². The first-order valence-electron chi connectivity index (χ1n) is 47.6. The van der Waals surface area contributed by atoms with E-state index in [1.807, 2.05) is 259 Å². The largest absolute Gasteiger partial charge is 0.480 e. The Morgan fingerprint density at radius 1 is 0.340 bits per heavy atom. The predicted octanol–water partition coefficient (Wildman–Crippen LogP) is 16.9. The van der Waals surface area contributed by atoms with Crippen molar-refractivity contribution in [3.63, 3.8) is 0 Å². The minimum Gasteiger partial charge on any atom is -0.480 e. The normalized spacial score (nSPS) is 10.9. The Labute approximate surface area is 876 Å². The van der Waals surface area contributed by atoms with Crippen molar-refractivity contribution in [3.8, 4) is 136 Å². The molecule has 0 aliphatic carbocycles. The first-order chi connectivity index (χ1) is 72.1. The number of rotatable bonds is 35. The first-order valence-corrected chi connectivity index (χ1v) is 50.6. The van der Waals surface area contributed by atoms with E-state index in [0.717, 1.165) is 131 Å². The number of carboxylic acids is 1. The molecule has 6 aromatic carbocycles. The number of aliphatic carboxylic acids is 1. The molecule has 0 fully saturated rings. The molecule has 0 saturated carbocycles. The third-order valence-electron chi connectivity index (χ3n) is 21.9. The fourth-order valence-corrected chi connectivity index (χ4v) is 16.4. The van der Waals surface area contributed by atoms with Gasteiger partial charge in [0.2, 0.25) is 23.3 Å². The van der Waals surface area contributed by atoms with Crippen molar-refractivity contribution in [2.75, 3.05) is 79.4 Å². The van der Waals surface area contributed by atoms with Crippen LogP contribution in [0.1, 0.15) is 88.3 Å². The van der Waals surface area contributed by atoms with Gasteiger partial charge in [-0.3, -0.25) is 38.1 Å². The second kappa shape index (κ2) is 53.1. The van der Waals surface area contributed by atoms with Crippen molar-refractivity contribution in [2.24, 2.45) is 0 Å². The summed E-state index contributed by atoms with van der Waals surface area (Å²) in [6.07, 6.45) is 1.86. The lowest BCUT2D eigenvalue weighted by Crippen LogP contribution is -2.28. The van der Waals surface area contributed by atoms with Gasteiger partial charge in [-0.25, -0.2) is 28.7 Å². The number of methoxy groups -OCH3 is 1. The van der Waals surface area contributed by atoms with Crippen LogP contribution >= 0.6 is 34.8 Å². The van der Waals surface area contributed by atoms with E-state index in [1.165, 1.54) is 70.9 Å². The Hall–Kier alpha value is -16.7. The molecule has 0 spiro atoms. The molecule has 0 atom stereocenters.